The van der Waals surface area contributed by atoms with E-state index in [1.807, 2.05) is 11.0 Å². The highest BCUT2D eigenvalue weighted by Gasteiger charge is 2.30. The summed E-state index contributed by atoms with van der Waals surface area (Å²) in [6, 6.07) is 5.01. The third-order valence-electron chi connectivity index (χ3n) is 5.45. The van der Waals surface area contributed by atoms with E-state index in [0.717, 1.165) is 57.4 Å². The molecule has 0 unspecified atom stereocenters. The van der Waals surface area contributed by atoms with Gasteiger partial charge in [0, 0.05) is 25.6 Å². The lowest BCUT2D eigenvalue weighted by atomic mass is 9.95. The first-order valence-corrected chi connectivity index (χ1v) is 9.56. The molecule has 6 heteroatoms. The Morgan fingerprint density at radius 3 is 2.50 bits per heavy atom. The van der Waals surface area contributed by atoms with Crippen molar-refractivity contribution in [1.82, 2.24) is 15.1 Å². The van der Waals surface area contributed by atoms with Crippen molar-refractivity contribution in [2.24, 2.45) is 5.92 Å². The molecule has 0 radical (unpaired) electrons. The highest BCUT2D eigenvalue weighted by Crippen LogP contribution is 2.21. The molecule has 2 saturated heterocycles. The number of halogens is 1. The van der Waals surface area contributed by atoms with Gasteiger partial charge in [-0.1, -0.05) is 12.1 Å². The Labute approximate surface area is 154 Å². The first-order chi connectivity index (χ1) is 12.5. The second-order valence-corrected chi connectivity index (χ2v) is 7.44. The predicted octanol–water partition coefficient (Wildman–Crippen LogP) is 2.08. The number of hydrogen-bond donors (Lipinski definition) is 1. The molecule has 26 heavy (non-hydrogen) atoms. The van der Waals surface area contributed by atoms with E-state index in [1.54, 1.807) is 13.0 Å². The van der Waals surface area contributed by atoms with Crippen LogP contribution in [0.1, 0.15) is 36.8 Å². The summed E-state index contributed by atoms with van der Waals surface area (Å²) in [5.41, 5.74) is 1.36. The summed E-state index contributed by atoms with van der Waals surface area (Å²) in [6.07, 6.45) is 3.89. The molecule has 0 aromatic heterocycles. The average molecular weight is 361 g/mol. The van der Waals surface area contributed by atoms with Gasteiger partial charge in [0.15, 0.2) is 0 Å². The van der Waals surface area contributed by atoms with Gasteiger partial charge >= 0.3 is 0 Å². The molecule has 142 valence electrons. The minimum absolute atomic E-state index is 0.0599. The molecule has 0 spiro atoms. The van der Waals surface area contributed by atoms with Gasteiger partial charge < -0.3 is 10.2 Å². The fraction of sp³-hybridized carbons (Fsp3) is 0.600. The minimum Gasteiger partial charge on any atom is -0.351 e. The summed E-state index contributed by atoms with van der Waals surface area (Å²) in [7, 11) is 0. The maximum Gasteiger partial charge on any atom is 0.234 e. The van der Waals surface area contributed by atoms with E-state index in [9.17, 15) is 14.0 Å². The number of nitrogens with one attached hydrogen (secondary N) is 1. The molecule has 5 nitrogen and oxygen atoms in total. The zero-order valence-electron chi connectivity index (χ0n) is 15.5. The minimum atomic E-state index is -0.249. The molecule has 2 heterocycles. The van der Waals surface area contributed by atoms with Crippen LogP contribution in [-0.2, 0) is 16.1 Å². The van der Waals surface area contributed by atoms with Crippen LogP contribution in [0, 0.1) is 18.7 Å². The molecule has 3 rings (SSSR count). The van der Waals surface area contributed by atoms with Crippen LogP contribution in [0.15, 0.2) is 18.2 Å². The van der Waals surface area contributed by atoms with Crippen molar-refractivity contribution in [3.8, 4) is 0 Å². The van der Waals surface area contributed by atoms with Crippen LogP contribution in [0.3, 0.4) is 0 Å². The fourth-order valence-corrected chi connectivity index (χ4v) is 3.74. The molecule has 0 aliphatic carbocycles. The second kappa shape index (κ2) is 8.62. The number of aryl methyl sites for hydroxylation is 1. The molecule has 2 aliphatic heterocycles. The van der Waals surface area contributed by atoms with E-state index >= 15 is 0 Å². The van der Waals surface area contributed by atoms with E-state index in [2.05, 4.69) is 10.2 Å². The molecule has 0 atom stereocenters. The lowest BCUT2D eigenvalue weighted by Gasteiger charge is -2.32. The van der Waals surface area contributed by atoms with E-state index in [0.29, 0.717) is 24.6 Å². The Kier molecular flexibility index (Phi) is 6.25. The fourth-order valence-electron chi connectivity index (χ4n) is 3.74. The number of benzene rings is 1. The van der Waals surface area contributed by atoms with Crippen molar-refractivity contribution in [2.75, 3.05) is 32.7 Å². The summed E-state index contributed by atoms with van der Waals surface area (Å²) < 4.78 is 13.5. The largest absolute Gasteiger partial charge is 0.351 e. The Bertz CT molecular complexity index is 650. The summed E-state index contributed by atoms with van der Waals surface area (Å²) in [5, 5.41) is 2.85. The number of nitrogens with zero attached hydrogens (tertiary/aromatic N) is 2. The summed E-state index contributed by atoms with van der Waals surface area (Å²) in [6.45, 7) is 5.74. The van der Waals surface area contributed by atoms with Gasteiger partial charge in [0.05, 0.1) is 6.54 Å². The lowest BCUT2D eigenvalue weighted by molar-refractivity contribution is -0.136. The highest BCUT2D eigenvalue weighted by atomic mass is 19.1. The lowest BCUT2D eigenvalue weighted by Crippen LogP contribution is -2.44. The average Bonchev–Trinajstić information content (AvgIpc) is 3.17. The van der Waals surface area contributed by atoms with E-state index < -0.39 is 0 Å². The molecule has 0 saturated carbocycles. The van der Waals surface area contributed by atoms with Crippen LogP contribution in [0.25, 0.3) is 0 Å². The van der Waals surface area contributed by atoms with Gasteiger partial charge in [-0.2, -0.15) is 0 Å². The Morgan fingerprint density at radius 2 is 1.85 bits per heavy atom. The Morgan fingerprint density at radius 1 is 1.15 bits per heavy atom. The van der Waals surface area contributed by atoms with Crippen molar-refractivity contribution in [2.45, 2.75) is 39.2 Å². The maximum absolute atomic E-state index is 13.5. The monoisotopic (exact) mass is 361 g/mol. The van der Waals surface area contributed by atoms with Crippen LogP contribution >= 0.6 is 0 Å². The van der Waals surface area contributed by atoms with Crippen LogP contribution in [0.5, 0.6) is 0 Å². The molecule has 2 aliphatic rings. The smallest absolute Gasteiger partial charge is 0.234 e. The molecular formula is C20H28FN3O2. The number of likely N-dealkylation sites (tertiary alicyclic amines) is 2. The quantitative estimate of drug-likeness (QED) is 0.874. The zero-order chi connectivity index (χ0) is 18.5. The van der Waals surface area contributed by atoms with Crippen molar-refractivity contribution >= 4 is 11.8 Å². The van der Waals surface area contributed by atoms with Crippen LogP contribution in [0.4, 0.5) is 4.39 Å². The molecule has 2 fully saturated rings. The van der Waals surface area contributed by atoms with Gasteiger partial charge in [0.25, 0.3) is 0 Å². The molecule has 1 N–H and O–H groups in total. The number of carbonyl (C=O) groups excluding carboxylic acids is 2. The third-order valence-corrected chi connectivity index (χ3v) is 5.45. The van der Waals surface area contributed by atoms with Gasteiger partial charge in [-0.25, -0.2) is 4.39 Å². The number of piperidine rings is 1. The highest BCUT2D eigenvalue weighted by molar-refractivity contribution is 5.79. The van der Waals surface area contributed by atoms with Crippen molar-refractivity contribution in [3.05, 3.63) is 35.1 Å². The standard InChI is InChI=1S/C20H28FN3O2/c1-15-4-5-16(12-18(15)21)13-22-19(25)14-23-10-6-17(7-11-23)20(26)24-8-2-3-9-24/h4-5,12,17H,2-3,6-11,13-14H2,1H3,(H,22,25). The maximum atomic E-state index is 13.5. The van der Waals surface area contributed by atoms with Crippen LogP contribution in [-0.4, -0.2) is 54.3 Å². The second-order valence-electron chi connectivity index (χ2n) is 7.44. The van der Waals surface area contributed by atoms with Crippen LogP contribution in [0.2, 0.25) is 0 Å². The normalized spacial score (nSPS) is 18.9. The molecule has 2 amide bonds. The van der Waals surface area contributed by atoms with E-state index in [1.165, 1.54) is 6.07 Å². The molecule has 1 aromatic rings. The zero-order valence-corrected chi connectivity index (χ0v) is 15.5. The Hall–Kier alpha value is -1.95. The number of carbonyl (C=O) groups is 2. The SMILES string of the molecule is Cc1ccc(CNC(=O)CN2CCC(C(=O)N3CCCC3)CC2)cc1F. The van der Waals surface area contributed by atoms with Gasteiger partial charge in [0.2, 0.25) is 11.8 Å². The van der Waals surface area contributed by atoms with Crippen molar-refractivity contribution < 1.29 is 14.0 Å². The van der Waals surface area contributed by atoms with Gasteiger partial charge in [-0.3, -0.25) is 14.5 Å². The van der Waals surface area contributed by atoms with Crippen molar-refractivity contribution in [3.63, 3.8) is 0 Å². The number of amides is 2. The summed E-state index contributed by atoms with van der Waals surface area (Å²) in [5.74, 6) is 0.104. The number of rotatable bonds is 5. The number of hydrogen-bond acceptors (Lipinski definition) is 3. The topological polar surface area (TPSA) is 52.7 Å². The first-order valence-electron chi connectivity index (χ1n) is 9.56. The van der Waals surface area contributed by atoms with Crippen molar-refractivity contribution in [1.29, 1.82) is 0 Å². The summed E-state index contributed by atoms with van der Waals surface area (Å²) in [4.78, 5) is 28.7. The first kappa shape index (κ1) is 18.8. The van der Waals surface area contributed by atoms with Gasteiger partial charge in [-0.15, -0.1) is 0 Å². The molecular weight excluding hydrogens is 333 g/mol. The van der Waals surface area contributed by atoms with Gasteiger partial charge in [0.1, 0.15) is 5.82 Å². The molecule has 0 bridgehead atoms. The predicted molar refractivity (Wildman–Crippen MR) is 98.0 cm³/mol. The van der Waals surface area contributed by atoms with Gasteiger partial charge in [-0.05, 0) is 62.9 Å². The molecule has 1 aromatic carbocycles. The van der Waals surface area contributed by atoms with E-state index in [-0.39, 0.29) is 17.6 Å². The van der Waals surface area contributed by atoms with Crippen LogP contribution < -0.4 is 5.32 Å². The Balaban J connectivity index is 1.39. The third kappa shape index (κ3) is 4.81. The van der Waals surface area contributed by atoms with E-state index in [4.69, 9.17) is 0 Å². The summed E-state index contributed by atoms with van der Waals surface area (Å²) >= 11 is 0.